The van der Waals surface area contributed by atoms with Crippen molar-refractivity contribution in [2.75, 3.05) is 38.2 Å². The first-order valence-electron chi connectivity index (χ1n) is 6.55. The van der Waals surface area contributed by atoms with Crippen LogP contribution in [0.15, 0.2) is 4.52 Å². The van der Waals surface area contributed by atoms with Crippen molar-refractivity contribution < 1.29 is 9.26 Å². The maximum atomic E-state index is 5.81. The summed E-state index contributed by atoms with van der Waals surface area (Å²) in [6.07, 6.45) is 0.262. The Morgan fingerprint density at radius 1 is 1.33 bits per heavy atom. The fraction of sp³-hybridized carbons (Fsp3) is 0.833. The number of anilines is 1. The van der Waals surface area contributed by atoms with Crippen LogP contribution in [-0.4, -0.2) is 60.5 Å². The topological polar surface area (TPSA) is 54.6 Å². The zero-order chi connectivity index (χ0) is 12.7. The second-order valence-electron chi connectivity index (χ2n) is 5.45. The summed E-state index contributed by atoms with van der Waals surface area (Å²) in [6, 6.07) is 1.07. The van der Waals surface area contributed by atoms with Gasteiger partial charge in [-0.05, 0) is 7.05 Å². The number of rotatable bonds is 2. The van der Waals surface area contributed by atoms with Crippen LogP contribution in [0.4, 0.5) is 6.01 Å². The van der Waals surface area contributed by atoms with E-state index in [-0.39, 0.29) is 6.10 Å². The van der Waals surface area contributed by atoms with Crippen LogP contribution in [0.5, 0.6) is 0 Å². The van der Waals surface area contributed by atoms with Gasteiger partial charge in [-0.3, -0.25) is 4.90 Å². The Hall–Kier alpha value is -1.14. The van der Waals surface area contributed by atoms with Crippen LogP contribution in [0, 0.1) is 0 Å². The fourth-order valence-corrected chi connectivity index (χ4v) is 2.60. The molecule has 2 atom stereocenters. The molecule has 2 saturated heterocycles. The van der Waals surface area contributed by atoms with E-state index in [0.29, 0.717) is 18.0 Å². The van der Waals surface area contributed by atoms with E-state index < -0.39 is 0 Å². The minimum absolute atomic E-state index is 0.262. The van der Waals surface area contributed by atoms with Crippen LogP contribution in [0.3, 0.4) is 0 Å². The molecule has 0 radical (unpaired) electrons. The van der Waals surface area contributed by atoms with Gasteiger partial charge in [0.2, 0.25) is 0 Å². The molecule has 3 rings (SSSR count). The van der Waals surface area contributed by atoms with Gasteiger partial charge in [-0.1, -0.05) is 19.0 Å². The minimum Gasteiger partial charge on any atom is -0.373 e. The van der Waals surface area contributed by atoms with Crippen molar-refractivity contribution in [3.8, 4) is 0 Å². The predicted octanol–water partition coefficient (Wildman–Crippen LogP) is 0.712. The Morgan fingerprint density at radius 3 is 2.83 bits per heavy atom. The molecule has 100 valence electrons. The minimum atomic E-state index is 0.262. The number of aromatic nitrogens is 2. The second-order valence-corrected chi connectivity index (χ2v) is 5.45. The zero-order valence-electron chi connectivity index (χ0n) is 11.2. The fourth-order valence-electron chi connectivity index (χ4n) is 2.60. The third-order valence-corrected chi connectivity index (χ3v) is 3.80. The molecule has 1 aromatic rings. The van der Waals surface area contributed by atoms with Gasteiger partial charge in [0, 0.05) is 19.0 Å². The molecule has 6 heteroatoms. The molecule has 0 spiro atoms. The zero-order valence-corrected chi connectivity index (χ0v) is 11.2. The third kappa shape index (κ3) is 1.99. The first-order valence-corrected chi connectivity index (χ1v) is 6.55. The third-order valence-electron chi connectivity index (χ3n) is 3.80. The highest BCUT2D eigenvalue weighted by Gasteiger charge is 2.40. The van der Waals surface area contributed by atoms with Gasteiger partial charge in [0.25, 0.3) is 0 Å². The van der Waals surface area contributed by atoms with Crippen LogP contribution >= 0.6 is 0 Å². The van der Waals surface area contributed by atoms with Crippen LogP contribution in [0.2, 0.25) is 0 Å². The van der Waals surface area contributed by atoms with E-state index in [2.05, 4.69) is 40.8 Å². The summed E-state index contributed by atoms with van der Waals surface area (Å²) >= 11 is 0. The first kappa shape index (κ1) is 11.9. The second kappa shape index (κ2) is 4.51. The molecular weight excluding hydrogens is 232 g/mol. The molecule has 2 fully saturated rings. The van der Waals surface area contributed by atoms with Gasteiger partial charge in [-0.2, -0.15) is 4.98 Å². The van der Waals surface area contributed by atoms with E-state index in [1.165, 1.54) is 0 Å². The van der Waals surface area contributed by atoms with Gasteiger partial charge < -0.3 is 14.2 Å². The summed E-state index contributed by atoms with van der Waals surface area (Å²) in [7, 11) is 2.15. The van der Waals surface area contributed by atoms with Crippen molar-refractivity contribution >= 4 is 6.01 Å². The van der Waals surface area contributed by atoms with Crippen molar-refractivity contribution in [1.29, 1.82) is 0 Å². The molecule has 0 bridgehead atoms. The Labute approximate surface area is 107 Å². The van der Waals surface area contributed by atoms with Crippen LogP contribution < -0.4 is 4.90 Å². The molecule has 0 N–H and O–H groups in total. The van der Waals surface area contributed by atoms with Gasteiger partial charge in [0.05, 0.1) is 25.3 Å². The van der Waals surface area contributed by atoms with Crippen molar-refractivity contribution in [3.05, 3.63) is 5.82 Å². The molecule has 0 aromatic carbocycles. The molecule has 2 aliphatic rings. The summed E-state index contributed by atoms with van der Waals surface area (Å²) in [5.41, 5.74) is 0. The summed E-state index contributed by atoms with van der Waals surface area (Å²) in [5, 5.41) is 4.01. The van der Waals surface area contributed by atoms with Crippen LogP contribution in [0.1, 0.15) is 25.6 Å². The number of fused-ring (bicyclic) bond motifs is 1. The number of morpholine rings is 1. The average Bonchev–Trinajstić information content (AvgIpc) is 2.95. The summed E-state index contributed by atoms with van der Waals surface area (Å²) in [6.45, 7) is 7.68. The molecule has 18 heavy (non-hydrogen) atoms. The molecule has 0 aliphatic carbocycles. The van der Waals surface area contributed by atoms with Crippen LogP contribution in [-0.2, 0) is 4.74 Å². The highest BCUT2D eigenvalue weighted by molar-refractivity contribution is 5.30. The molecule has 3 heterocycles. The largest absolute Gasteiger partial charge is 0.373 e. The number of ether oxygens (including phenoxy) is 1. The highest BCUT2D eigenvalue weighted by Crippen LogP contribution is 2.26. The van der Waals surface area contributed by atoms with Gasteiger partial charge in [-0.15, -0.1) is 0 Å². The van der Waals surface area contributed by atoms with Crippen LogP contribution in [0.25, 0.3) is 0 Å². The lowest BCUT2D eigenvalue weighted by atomic mass is 10.1. The normalized spacial score (nSPS) is 29.0. The van der Waals surface area contributed by atoms with E-state index in [1.54, 1.807) is 0 Å². The van der Waals surface area contributed by atoms with Gasteiger partial charge in [0.1, 0.15) is 0 Å². The van der Waals surface area contributed by atoms with Crippen molar-refractivity contribution in [2.24, 2.45) is 0 Å². The monoisotopic (exact) mass is 252 g/mol. The lowest BCUT2D eigenvalue weighted by molar-refractivity contribution is -0.0362. The number of hydrogen-bond acceptors (Lipinski definition) is 6. The molecule has 0 saturated carbocycles. The molecule has 0 amide bonds. The molecule has 0 unspecified atom stereocenters. The maximum absolute atomic E-state index is 5.81. The lowest BCUT2D eigenvalue weighted by Gasteiger charge is -2.33. The average molecular weight is 252 g/mol. The number of likely N-dealkylation sites (N-methyl/N-ethyl adjacent to an activating group) is 1. The maximum Gasteiger partial charge on any atom is 0.324 e. The Morgan fingerprint density at radius 2 is 2.17 bits per heavy atom. The van der Waals surface area contributed by atoms with E-state index in [9.17, 15) is 0 Å². The summed E-state index contributed by atoms with van der Waals surface area (Å²) < 4.78 is 11.1. The van der Waals surface area contributed by atoms with Crippen molar-refractivity contribution in [3.63, 3.8) is 0 Å². The van der Waals surface area contributed by atoms with Gasteiger partial charge in [-0.25, -0.2) is 0 Å². The molecule has 1 aromatic heterocycles. The molecule has 2 aliphatic heterocycles. The van der Waals surface area contributed by atoms with Crippen molar-refractivity contribution in [2.45, 2.75) is 31.9 Å². The van der Waals surface area contributed by atoms with Gasteiger partial charge in [0.15, 0.2) is 5.82 Å². The first-order chi connectivity index (χ1) is 8.65. The van der Waals surface area contributed by atoms with Crippen molar-refractivity contribution in [1.82, 2.24) is 15.0 Å². The Kier molecular flexibility index (Phi) is 2.99. The van der Waals surface area contributed by atoms with E-state index in [4.69, 9.17) is 9.26 Å². The smallest absolute Gasteiger partial charge is 0.324 e. The summed E-state index contributed by atoms with van der Waals surface area (Å²) in [5.74, 6) is 1.07. The lowest BCUT2D eigenvalue weighted by Crippen LogP contribution is -2.48. The van der Waals surface area contributed by atoms with E-state index in [0.717, 1.165) is 32.1 Å². The molecular formula is C12H20N4O2. The quantitative estimate of drug-likeness (QED) is 0.773. The molecule has 6 nitrogen and oxygen atoms in total. The SMILES string of the molecule is CC(C)c1noc(N2C[C@@H]3OCCN(C)[C@@H]3C2)n1. The number of nitrogens with zero attached hydrogens (tertiary/aromatic N) is 4. The van der Waals surface area contributed by atoms with E-state index in [1.807, 2.05) is 0 Å². The standard InChI is InChI=1S/C12H20N4O2/c1-8(2)11-13-12(18-14-11)16-6-9-10(7-16)17-5-4-15(9)3/h8-10H,4-7H2,1-3H3/t9-,10+/m1/s1. The summed E-state index contributed by atoms with van der Waals surface area (Å²) in [4.78, 5) is 8.94. The highest BCUT2D eigenvalue weighted by atomic mass is 16.5. The van der Waals surface area contributed by atoms with E-state index >= 15 is 0 Å². The Balaban J connectivity index is 1.74. The predicted molar refractivity (Wildman–Crippen MR) is 66.8 cm³/mol. The Bertz CT molecular complexity index is 420. The van der Waals surface area contributed by atoms with Gasteiger partial charge >= 0.3 is 6.01 Å². The number of hydrogen-bond donors (Lipinski definition) is 0.